The largest absolute Gasteiger partial charge is 0.306 e. The lowest BCUT2D eigenvalue weighted by molar-refractivity contribution is 0.102. The Morgan fingerprint density at radius 2 is 2.00 bits per heavy atom. The summed E-state index contributed by atoms with van der Waals surface area (Å²) in [6.07, 6.45) is 1.54. The van der Waals surface area contributed by atoms with Gasteiger partial charge < -0.3 is 5.32 Å². The molecular weight excluding hydrogens is 383 g/mol. The Labute approximate surface area is 126 Å². The number of benzene rings is 1. The molecule has 0 spiro atoms. The van der Waals surface area contributed by atoms with Gasteiger partial charge in [0.05, 0.1) is 5.56 Å². The standard InChI is InChI=1S/C12H7Br2ClN2O/c13-7-1-2-9(10(14)5-7)12(18)17-11-6-8(15)3-4-16-11/h1-6H,(H,16,17,18). The topological polar surface area (TPSA) is 42.0 Å². The predicted octanol–water partition coefficient (Wildman–Crippen LogP) is 4.51. The minimum Gasteiger partial charge on any atom is -0.306 e. The van der Waals surface area contributed by atoms with Crippen LogP contribution in [0.1, 0.15) is 10.4 Å². The first-order valence-corrected chi connectivity index (χ1v) is 6.90. The SMILES string of the molecule is O=C(Nc1cc(Cl)ccn1)c1ccc(Br)cc1Br. The Morgan fingerprint density at radius 3 is 2.67 bits per heavy atom. The second-order valence-electron chi connectivity index (χ2n) is 3.44. The molecule has 0 radical (unpaired) electrons. The van der Waals surface area contributed by atoms with E-state index >= 15 is 0 Å². The molecule has 18 heavy (non-hydrogen) atoms. The zero-order valence-electron chi connectivity index (χ0n) is 8.95. The first-order valence-electron chi connectivity index (χ1n) is 4.94. The molecule has 2 rings (SSSR count). The Morgan fingerprint density at radius 1 is 1.22 bits per heavy atom. The number of amides is 1. The van der Waals surface area contributed by atoms with Crippen LogP contribution in [0.25, 0.3) is 0 Å². The van der Waals surface area contributed by atoms with Gasteiger partial charge in [0.1, 0.15) is 5.82 Å². The fraction of sp³-hybridized carbons (Fsp3) is 0. The van der Waals surface area contributed by atoms with Crippen molar-refractivity contribution in [3.8, 4) is 0 Å². The van der Waals surface area contributed by atoms with Crippen LogP contribution in [0.2, 0.25) is 5.02 Å². The number of carbonyl (C=O) groups excluding carboxylic acids is 1. The van der Waals surface area contributed by atoms with E-state index in [9.17, 15) is 4.79 Å². The summed E-state index contributed by atoms with van der Waals surface area (Å²) in [6, 6.07) is 8.55. The van der Waals surface area contributed by atoms with E-state index in [0.29, 0.717) is 20.9 Å². The van der Waals surface area contributed by atoms with E-state index in [0.717, 1.165) is 4.47 Å². The van der Waals surface area contributed by atoms with Gasteiger partial charge in [-0.2, -0.15) is 0 Å². The van der Waals surface area contributed by atoms with E-state index in [1.54, 1.807) is 30.3 Å². The molecule has 1 aromatic carbocycles. The Hall–Kier alpha value is -0.910. The number of halogens is 3. The van der Waals surface area contributed by atoms with Gasteiger partial charge in [-0.25, -0.2) is 4.98 Å². The van der Waals surface area contributed by atoms with Crippen LogP contribution in [0.15, 0.2) is 45.5 Å². The lowest BCUT2D eigenvalue weighted by atomic mass is 10.2. The zero-order valence-corrected chi connectivity index (χ0v) is 12.9. The van der Waals surface area contributed by atoms with Crippen molar-refractivity contribution in [1.29, 1.82) is 0 Å². The van der Waals surface area contributed by atoms with Gasteiger partial charge in [0.25, 0.3) is 5.91 Å². The number of hydrogen-bond acceptors (Lipinski definition) is 2. The van der Waals surface area contributed by atoms with E-state index < -0.39 is 0 Å². The second kappa shape index (κ2) is 5.82. The predicted molar refractivity (Wildman–Crippen MR) is 79.0 cm³/mol. The molecule has 0 aliphatic heterocycles. The molecule has 0 saturated carbocycles. The lowest BCUT2D eigenvalue weighted by Gasteiger charge is -2.06. The average Bonchev–Trinajstić information content (AvgIpc) is 2.28. The van der Waals surface area contributed by atoms with Crippen molar-refractivity contribution in [3.05, 3.63) is 56.1 Å². The molecule has 6 heteroatoms. The third-order valence-electron chi connectivity index (χ3n) is 2.14. The number of pyridine rings is 1. The Kier molecular flexibility index (Phi) is 4.37. The van der Waals surface area contributed by atoms with E-state index in [-0.39, 0.29) is 5.91 Å². The molecule has 0 fully saturated rings. The highest BCUT2D eigenvalue weighted by Gasteiger charge is 2.11. The smallest absolute Gasteiger partial charge is 0.257 e. The fourth-order valence-corrected chi connectivity index (χ4v) is 2.72. The van der Waals surface area contributed by atoms with Crippen LogP contribution in [-0.4, -0.2) is 10.9 Å². The molecule has 3 nitrogen and oxygen atoms in total. The summed E-state index contributed by atoms with van der Waals surface area (Å²) in [5, 5.41) is 3.20. The van der Waals surface area contributed by atoms with Gasteiger partial charge >= 0.3 is 0 Å². The van der Waals surface area contributed by atoms with Crippen molar-refractivity contribution >= 4 is 55.2 Å². The average molecular weight is 390 g/mol. The first kappa shape index (κ1) is 13.5. The van der Waals surface area contributed by atoms with Crippen LogP contribution in [0.3, 0.4) is 0 Å². The van der Waals surface area contributed by atoms with Crippen LogP contribution >= 0.6 is 43.5 Å². The monoisotopic (exact) mass is 388 g/mol. The van der Waals surface area contributed by atoms with Crippen LogP contribution in [0.5, 0.6) is 0 Å². The fourth-order valence-electron chi connectivity index (χ4n) is 1.33. The highest BCUT2D eigenvalue weighted by molar-refractivity contribution is 9.11. The molecule has 0 atom stereocenters. The summed E-state index contributed by atoms with van der Waals surface area (Å²) >= 11 is 12.5. The van der Waals surface area contributed by atoms with Gasteiger partial charge in [-0.05, 0) is 46.3 Å². The third kappa shape index (κ3) is 3.31. The number of aromatic nitrogens is 1. The van der Waals surface area contributed by atoms with Crippen molar-refractivity contribution in [2.45, 2.75) is 0 Å². The highest BCUT2D eigenvalue weighted by Crippen LogP contribution is 2.23. The number of nitrogens with zero attached hydrogens (tertiary/aromatic N) is 1. The minimum absolute atomic E-state index is 0.246. The molecule has 1 heterocycles. The molecule has 0 unspecified atom stereocenters. The number of hydrogen-bond donors (Lipinski definition) is 1. The van der Waals surface area contributed by atoms with Crippen LogP contribution in [-0.2, 0) is 0 Å². The summed E-state index contributed by atoms with van der Waals surface area (Å²) in [5.41, 5.74) is 0.528. The highest BCUT2D eigenvalue weighted by atomic mass is 79.9. The molecule has 0 aliphatic carbocycles. The Bertz CT molecular complexity index is 604. The number of carbonyl (C=O) groups is 1. The van der Waals surface area contributed by atoms with Crippen LogP contribution < -0.4 is 5.32 Å². The van der Waals surface area contributed by atoms with Gasteiger partial charge in [0, 0.05) is 20.2 Å². The minimum atomic E-state index is -0.246. The number of nitrogens with one attached hydrogen (secondary N) is 1. The maximum absolute atomic E-state index is 12.0. The van der Waals surface area contributed by atoms with E-state index in [1.165, 1.54) is 6.20 Å². The van der Waals surface area contributed by atoms with Crippen molar-refractivity contribution in [2.24, 2.45) is 0 Å². The van der Waals surface area contributed by atoms with E-state index in [4.69, 9.17) is 11.6 Å². The van der Waals surface area contributed by atoms with E-state index in [2.05, 4.69) is 42.2 Å². The third-order valence-corrected chi connectivity index (χ3v) is 3.52. The van der Waals surface area contributed by atoms with Gasteiger partial charge in [0.15, 0.2) is 0 Å². The summed E-state index contributed by atoms with van der Waals surface area (Å²) in [6.45, 7) is 0. The van der Waals surface area contributed by atoms with Gasteiger partial charge in [-0.15, -0.1) is 0 Å². The van der Waals surface area contributed by atoms with Crippen molar-refractivity contribution < 1.29 is 4.79 Å². The second-order valence-corrected chi connectivity index (χ2v) is 5.64. The maximum atomic E-state index is 12.0. The summed E-state index contributed by atoms with van der Waals surface area (Å²) in [4.78, 5) is 16.0. The quantitative estimate of drug-likeness (QED) is 0.820. The van der Waals surface area contributed by atoms with Crippen molar-refractivity contribution in [3.63, 3.8) is 0 Å². The lowest BCUT2D eigenvalue weighted by Crippen LogP contribution is -2.13. The number of anilines is 1. The molecule has 1 amide bonds. The molecule has 1 aromatic heterocycles. The van der Waals surface area contributed by atoms with E-state index in [1.807, 2.05) is 0 Å². The van der Waals surface area contributed by atoms with Crippen molar-refractivity contribution in [1.82, 2.24) is 4.98 Å². The van der Waals surface area contributed by atoms with Gasteiger partial charge in [-0.1, -0.05) is 27.5 Å². The molecule has 0 saturated heterocycles. The molecular formula is C12H7Br2ClN2O. The van der Waals surface area contributed by atoms with Crippen molar-refractivity contribution in [2.75, 3.05) is 5.32 Å². The molecule has 92 valence electrons. The van der Waals surface area contributed by atoms with Crippen LogP contribution in [0.4, 0.5) is 5.82 Å². The Balaban J connectivity index is 2.22. The maximum Gasteiger partial charge on any atom is 0.257 e. The van der Waals surface area contributed by atoms with Crippen LogP contribution in [0, 0.1) is 0 Å². The molecule has 1 N–H and O–H groups in total. The zero-order chi connectivity index (χ0) is 13.1. The normalized spacial score (nSPS) is 10.2. The van der Waals surface area contributed by atoms with Gasteiger partial charge in [-0.3, -0.25) is 4.79 Å². The molecule has 0 aliphatic rings. The summed E-state index contributed by atoms with van der Waals surface area (Å²) < 4.78 is 1.60. The molecule has 2 aromatic rings. The summed E-state index contributed by atoms with van der Waals surface area (Å²) in [5.74, 6) is 0.173. The number of rotatable bonds is 2. The first-order chi connectivity index (χ1) is 8.56. The molecule has 0 bridgehead atoms. The summed E-state index contributed by atoms with van der Waals surface area (Å²) in [7, 11) is 0. The van der Waals surface area contributed by atoms with Gasteiger partial charge in [0.2, 0.25) is 0 Å².